The van der Waals surface area contributed by atoms with Gasteiger partial charge in [0.2, 0.25) is 0 Å². The second-order valence-corrected chi connectivity index (χ2v) is 19.2. The van der Waals surface area contributed by atoms with Gasteiger partial charge in [0.1, 0.15) is 6.10 Å². The average Bonchev–Trinajstić information content (AvgIpc) is 3.12. The molecule has 0 amide bonds. The first kappa shape index (κ1) is 51.9. The fourth-order valence-corrected chi connectivity index (χ4v) is 8.76. The SMILES string of the molecule is CCCCCCCCCCCCCCCCCC(=O)OC1CC(C)(C)N(OCC(CCCCCC)CCCCCCCCCC(=O)OCC(C)C)C(C)(C)C1. The zero-order valence-electron chi connectivity index (χ0n) is 38.3. The van der Waals surface area contributed by atoms with Gasteiger partial charge < -0.3 is 9.47 Å². The summed E-state index contributed by atoms with van der Waals surface area (Å²) in [4.78, 5) is 31.5. The van der Waals surface area contributed by atoms with Crippen molar-refractivity contribution >= 4 is 11.9 Å². The van der Waals surface area contributed by atoms with Gasteiger partial charge in [-0.3, -0.25) is 14.4 Å². The van der Waals surface area contributed by atoms with Crippen LogP contribution in [-0.4, -0.2) is 47.4 Å². The van der Waals surface area contributed by atoms with E-state index in [9.17, 15) is 9.59 Å². The van der Waals surface area contributed by atoms with Crippen molar-refractivity contribution in [3.05, 3.63) is 0 Å². The lowest BCUT2D eigenvalue weighted by Crippen LogP contribution is -2.62. The molecule has 0 spiro atoms. The number of hydrogen-bond acceptors (Lipinski definition) is 6. The van der Waals surface area contributed by atoms with Crippen LogP contribution in [0.3, 0.4) is 0 Å². The third-order valence-corrected chi connectivity index (χ3v) is 11.8. The molecule has 1 rings (SSSR count). The molecule has 0 bridgehead atoms. The topological polar surface area (TPSA) is 65.1 Å². The van der Waals surface area contributed by atoms with Crippen LogP contribution in [0.2, 0.25) is 0 Å². The van der Waals surface area contributed by atoms with Crippen LogP contribution >= 0.6 is 0 Å². The van der Waals surface area contributed by atoms with E-state index in [2.05, 4.69) is 60.5 Å². The van der Waals surface area contributed by atoms with Crippen LogP contribution in [0.1, 0.15) is 261 Å². The van der Waals surface area contributed by atoms with Gasteiger partial charge in [-0.05, 0) is 65.2 Å². The van der Waals surface area contributed by atoms with Gasteiger partial charge in [0.05, 0.1) is 13.2 Å². The molecule has 1 aliphatic heterocycles. The van der Waals surface area contributed by atoms with Crippen LogP contribution in [0.4, 0.5) is 0 Å². The van der Waals surface area contributed by atoms with Crippen molar-refractivity contribution in [1.82, 2.24) is 5.06 Å². The third kappa shape index (κ3) is 28.0. The standard InChI is InChI=1S/C49H95NO5/c1-9-11-13-15-16-17-18-19-20-21-22-23-26-30-34-38-47(52)55-45-39-48(5,6)50(49(7,8)40-45)54-42-44(35-31-14-12-10-2)36-32-28-25-24-27-29-33-37-46(51)53-41-43(3)4/h43-45H,9-42H2,1-8H3. The average molecular weight is 778 g/mol. The van der Waals surface area contributed by atoms with E-state index in [1.807, 2.05) is 0 Å². The Labute approximate surface area is 343 Å². The first-order chi connectivity index (χ1) is 26.4. The Morgan fingerprint density at radius 1 is 0.527 bits per heavy atom. The van der Waals surface area contributed by atoms with E-state index in [1.165, 1.54) is 154 Å². The fraction of sp³-hybridized carbons (Fsp3) is 0.959. The smallest absolute Gasteiger partial charge is 0.306 e. The van der Waals surface area contributed by atoms with Crippen LogP contribution in [0.5, 0.6) is 0 Å². The number of ether oxygens (including phenoxy) is 2. The molecular formula is C49H95NO5. The van der Waals surface area contributed by atoms with Crippen LogP contribution < -0.4 is 0 Å². The highest BCUT2D eigenvalue weighted by atomic mass is 16.7. The summed E-state index contributed by atoms with van der Waals surface area (Å²) in [6, 6.07) is 0. The van der Waals surface area contributed by atoms with Crippen molar-refractivity contribution in [1.29, 1.82) is 0 Å². The number of nitrogens with zero attached hydrogens (tertiary/aromatic N) is 1. The molecule has 6 heteroatoms. The van der Waals surface area contributed by atoms with Gasteiger partial charge in [-0.1, -0.05) is 182 Å². The lowest BCUT2D eigenvalue weighted by molar-refractivity contribution is -0.298. The highest BCUT2D eigenvalue weighted by molar-refractivity contribution is 5.69. The van der Waals surface area contributed by atoms with Crippen LogP contribution in [-0.2, 0) is 23.9 Å². The number of unbranched alkanes of at least 4 members (excludes halogenated alkanes) is 23. The molecule has 55 heavy (non-hydrogen) atoms. The summed E-state index contributed by atoms with van der Waals surface area (Å²) in [6.45, 7) is 19.1. The van der Waals surface area contributed by atoms with E-state index in [1.54, 1.807) is 0 Å². The molecule has 0 aromatic carbocycles. The molecule has 1 saturated heterocycles. The second-order valence-electron chi connectivity index (χ2n) is 19.2. The highest BCUT2D eigenvalue weighted by Gasteiger charge is 2.48. The Hall–Kier alpha value is -1.14. The monoisotopic (exact) mass is 778 g/mol. The maximum absolute atomic E-state index is 12.9. The van der Waals surface area contributed by atoms with E-state index in [0.29, 0.717) is 31.3 Å². The Balaban J connectivity index is 2.33. The molecule has 326 valence electrons. The first-order valence-corrected chi connectivity index (χ1v) is 24.2. The molecule has 0 aliphatic carbocycles. The first-order valence-electron chi connectivity index (χ1n) is 24.2. The summed E-state index contributed by atoms with van der Waals surface area (Å²) < 4.78 is 11.4. The van der Waals surface area contributed by atoms with Gasteiger partial charge in [-0.15, -0.1) is 0 Å². The summed E-state index contributed by atoms with van der Waals surface area (Å²) in [5, 5.41) is 2.26. The Morgan fingerprint density at radius 2 is 0.891 bits per heavy atom. The van der Waals surface area contributed by atoms with Gasteiger partial charge in [0.25, 0.3) is 0 Å². The molecular weight excluding hydrogens is 683 g/mol. The maximum atomic E-state index is 12.9. The molecule has 6 nitrogen and oxygen atoms in total. The van der Waals surface area contributed by atoms with Gasteiger partial charge >= 0.3 is 11.9 Å². The Kier molecular flexibility index (Phi) is 30.9. The summed E-state index contributed by atoms with van der Waals surface area (Å²) in [5.41, 5.74) is -0.418. The van der Waals surface area contributed by atoms with E-state index in [4.69, 9.17) is 14.3 Å². The zero-order chi connectivity index (χ0) is 40.6. The van der Waals surface area contributed by atoms with Gasteiger partial charge in [-0.2, -0.15) is 5.06 Å². The summed E-state index contributed by atoms with van der Waals surface area (Å²) in [6.07, 6.45) is 38.6. The molecule has 1 atom stereocenters. The summed E-state index contributed by atoms with van der Waals surface area (Å²) >= 11 is 0. The van der Waals surface area contributed by atoms with E-state index in [-0.39, 0.29) is 29.1 Å². The van der Waals surface area contributed by atoms with Crippen molar-refractivity contribution in [2.45, 2.75) is 278 Å². The number of hydrogen-bond donors (Lipinski definition) is 0. The lowest BCUT2D eigenvalue weighted by atomic mass is 9.80. The van der Waals surface area contributed by atoms with Gasteiger partial charge in [-0.25, -0.2) is 0 Å². The van der Waals surface area contributed by atoms with Gasteiger partial charge in [0, 0.05) is 36.8 Å². The van der Waals surface area contributed by atoms with Crippen molar-refractivity contribution in [3.63, 3.8) is 0 Å². The van der Waals surface area contributed by atoms with E-state index >= 15 is 0 Å². The molecule has 0 aromatic heterocycles. The molecule has 0 saturated carbocycles. The van der Waals surface area contributed by atoms with Crippen LogP contribution in [0.25, 0.3) is 0 Å². The number of hydroxylamine groups is 2. The predicted octanol–water partition coefficient (Wildman–Crippen LogP) is 15.0. The number of piperidine rings is 1. The normalized spacial score (nSPS) is 16.5. The molecule has 0 aromatic rings. The summed E-state index contributed by atoms with van der Waals surface area (Å²) in [5.74, 6) is 0.917. The van der Waals surface area contributed by atoms with Crippen molar-refractivity contribution in [2.75, 3.05) is 13.2 Å². The minimum absolute atomic E-state index is 0.0189. The highest BCUT2D eigenvalue weighted by Crippen LogP contribution is 2.40. The minimum Gasteiger partial charge on any atom is -0.465 e. The predicted molar refractivity (Wildman–Crippen MR) is 234 cm³/mol. The Bertz CT molecular complexity index is 899. The molecule has 0 radical (unpaired) electrons. The second kappa shape index (κ2) is 32.8. The molecule has 0 N–H and O–H groups in total. The minimum atomic E-state index is -0.209. The number of esters is 2. The molecule has 1 heterocycles. The van der Waals surface area contributed by atoms with Crippen LogP contribution in [0, 0.1) is 11.8 Å². The molecule has 1 aliphatic rings. The number of rotatable bonds is 37. The Morgan fingerprint density at radius 3 is 1.31 bits per heavy atom. The zero-order valence-corrected chi connectivity index (χ0v) is 38.3. The molecule has 1 fully saturated rings. The largest absolute Gasteiger partial charge is 0.465 e. The van der Waals surface area contributed by atoms with E-state index < -0.39 is 0 Å². The molecule has 1 unspecified atom stereocenters. The van der Waals surface area contributed by atoms with Crippen molar-refractivity contribution in [3.8, 4) is 0 Å². The van der Waals surface area contributed by atoms with Crippen molar-refractivity contribution < 1.29 is 23.9 Å². The number of carbonyl (C=O) groups is 2. The quantitative estimate of drug-likeness (QED) is 0.0462. The van der Waals surface area contributed by atoms with E-state index in [0.717, 1.165) is 45.1 Å². The van der Waals surface area contributed by atoms with Crippen molar-refractivity contribution in [2.24, 2.45) is 11.8 Å². The fourth-order valence-electron chi connectivity index (χ4n) is 8.76. The van der Waals surface area contributed by atoms with Gasteiger partial charge in [0.15, 0.2) is 0 Å². The third-order valence-electron chi connectivity index (χ3n) is 11.8. The van der Waals surface area contributed by atoms with Crippen LogP contribution in [0.15, 0.2) is 0 Å². The number of carbonyl (C=O) groups excluding carboxylic acids is 2. The lowest BCUT2D eigenvalue weighted by Gasteiger charge is -2.53. The summed E-state index contributed by atoms with van der Waals surface area (Å²) in [7, 11) is 0. The maximum Gasteiger partial charge on any atom is 0.306 e.